The quantitative estimate of drug-likeness (QED) is 0.820. The van der Waals surface area contributed by atoms with E-state index in [1.165, 1.54) is 0 Å². The summed E-state index contributed by atoms with van der Waals surface area (Å²) in [5.74, 6) is 2.26. The number of aromatic nitrogens is 5. The van der Waals surface area contributed by atoms with Crippen LogP contribution in [0.2, 0.25) is 5.02 Å². The molecule has 0 aromatic carbocycles. The third kappa shape index (κ3) is 3.76. The van der Waals surface area contributed by atoms with E-state index in [1.54, 1.807) is 4.68 Å². The summed E-state index contributed by atoms with van der Waals surface area (Å²) < 4.78 is 3.72. The fourth-order valence-corrected chi connectivity index (χ4v) is 3.47. The molecule has 0 unspecified atom stereocenters. The molecule has 8 nitrogen and oxygen atoms in total. The van der Waals surface area contributed by atoms with Crippen LogP contribution in [0.5, 0.6) is 0 Å². The largest absolute Gasteiger partial charge is 0.352 e. The monoisotopic (exact) mass is 379 g/mol. The Hall–Kier alpha value is -1.93. The van der Waals surface area contributed by atoms with Crippen LogP contribution in [0.15, 0.2) is 0 Å². The summed E-state index contributed by atoms with van der Waals surface area (Å²) in [6, 6.07) is 0.175. The van der Waals surface area contributed by atoms with Gasteiger partial charge in [-0.3, -0.25) is 9.48 Å². The van der Waals surface area contributed by atoms with Gasteiger partial charge < -0.3 is 14.8 Å². The predicted molar refractivity (Wildman–Crippen MR) is 99.0 cm³/mol. The van der Waals surface area contributed by atoms with Crippen molar-refractivity contribution in [1.29, 1.82) is 0 Å². The summed E-state index contributed by atoms with van der Waals surface area (Å²) in [5, 5.41) is 16.6. The standard InChI is InChI=1S/C17H26ClN7O/c1-10-16(18)11(2)25(22-10)9-15(26)19-13-6-12(7-13)17-21-20-14(24(17)5)8-23(3)4/h12-13H,6-9H2,1-5H3,(H,19,26). The smallest absolute Gasteiger partial charge is 0.241 e. The van der Waals surface area contributed by atoms with Crippen molar-refractivity contribution in [3.8, 4) is 0 Å². The van der Waals surface area contributed by atoms with Crippen molar-refractivity contribution in [1.82, 2.24) is 34.8 Å². The van der Waals surface area contributed by atoms with Gasteiger partial charge in [-0.25, -0.2) is 0 Å². The zero-order valence-corrected chi connectivity index (χ0v) is 16.7. The predicted octanol–water partition coefficient (Wildman–Crippen LogP) is 1.41. The van der Waals surface area contributed by atoms with E-state index in [0.717, 1.165) is 42.4 Å². The number of nitrogens with zero attached hydrogens (tertiary/aromatic N) is 6. The third-order valence-corrected chi connectivity index (χ3v) is 5.46. The topological polar surface area (TPSA) is 80.9 Å². The third-order valence-electron chi connectivity index (χ3n) is 4.91. The minimum absolute atomic E-state index is 0.0398. The summed E-state index contributed by atoms with van der Waals surface area (Å²) in [6.45, 7) is 4.67. The first-order valence-corrected chi connectivity index (χ1v) is 9.15. The average molecular weight is 380 g/mol. The lowest BCUT2D eigenvalue weighted by atomic mass is 9.79. The van der Waals surface area contributed by atoms with Crippen molar-refractivity contribution in [2.45, 2.75) is 51.7 Å². The van der Waals surface area contributed by atoms with Crippen LogP contribution in [0.3, 0.4) is 0 Å². The van der Waals surface area contributed by atoms with Crippen molar-refractivity contribution in [3.63, 3.8) is 0 Å². The van der Waals surface area contributed by atoms with Crippen LogP contribution in [0.1, 0.15) is 41.8 Å². The molecule has 2 heterocycles. The lowest BCUT2D eigenvalue weighted by Crippen LogP contribution is -2.45. The zero-order valence-electron chi connectivity index (χ0n) is 16.0. The van der Waals surface area contributed by atoms with Gasteiger partial charge in [0.2, 0.25) is 5.91 Å². The summed E-state index contributed by atoms with van der Waals surface area (Å²) in [7, 11) is 6.03. The Morgan fingerprint density at radius 2 is 2.00 bits per heavy atom. The highest BCUT2D eigenvalue weighted by molar-refractivity contribution is 6.31. The molecule has 9 heteroatoms. The zero-order chi connectivity index (χ0) is 19.0. The molecule has 2 aromatic heterocycles. The van der Waals surface area contributed by atoms with E-state index in [4.69, 9.17) is 11.6 Å². The van der Waals surface area contributed by atoms with E-state index < -0.39 is 0 Å². The molecule has 142 valence electrons. The Bertz CT molecular complexity index is 804. The molecule has 0 saturated heterocycles. The van der Waals surface area contributed by atoms with Crippen LogP contribution >= 0.6 is 11.6 Å². The normalized spacial score (nSPS) is 19.7. The van der Waals surface area contributed by atoms with Crippen LogP contribution < -0.4 is 5.32 Å². The molecule has 0 bridgehead atoms. The average Bonchev–Trinajstić information content (AvgIpc) is 2.98. The SMILES string of the molecule is Cc1nn(CC(=O)NC2CC(c3nnc(CN(C)C)n3C)C2)c(C)c1Cl. The molecule has 0 radical (unpaired) electrons. The van der Waals surface area contributed by atoms with Crippen molar-refractivity contribution in [2.75, 3.05) is 14.1 Å². The van der Waals surface area contributed by atoms with Crippen molar-refractivity contribution in [2.24, 2.45) is 7.05 Å². The number of halogens is 1. The van der Waals surface area contributed by atoms with Crippen LogP contribution in [-0.4, -0.2) is 55.5 Å². The highest BCUT2D eigenvalue weighted by Crippen LogP contribution is 2.36. The van der Waals surface area contributed by atoms with Gasteiger partial charge in [0.1, 0.15) is 18.2 Å². The molecule has 1 aliphatic carbocycles. The molecule has 3 rings (SSSR count). The number of carbonyl (C=O) groups excluding carboxylic acids is 1. The minimum Gasteiger partial charge on any atom is -0.352 e. The number of rotatable bonds is 6. The number of amides is 1. The molecule has 1 amide bonds. The van der Waals surface area contributed by atoms with Gasteiger partial charge in [0, 0.05) is 19.0 Å². The van der Waals surface area contributed by atoms with Crippen molar-refractivity contribution < 1.29 is 4.79 Å². The molecular formula is C17H26ClN7O. The number of aryl methyl sites for hydroxylation is 1. The summed E-state index contributed by atoms with van der Waals surface area (Å²) in [5.41, 5.74) is 1.56. The number of hydrogen-bond acceptors (Lipinski definition) is 5. The van der Waals surface area contributed by atoms with E-state index in [1.807, 2.05) is 35.0 Å². The van der Waals surface area contributed by atoms with Gasteiger partial charge in [0.15, 0.2) is 0 Å². The van der Waals surface area contributed by atoms with Crippen LogP contribution in [0.4, 0.5) is 0 Å². The Kier molecular flexibility index (Phi) is 5.34. The van der Waals surface area contributed by atoms with E-state index >= 15 is 0 Å². The van der Waals surface area contributed by atoms with E-state index in [0.29, 0.717) is 10.9 Å². The number of nitrogens with one attached hydrogen (secondary N) is 1. The first kappa shape index (κ1) is 18.8. The number of hydrogen-bond donors (Lipinski definition) is 1. The second-order valence-corrected chi connectivity index (χ2v) is 7.72. The van der Waals surface area contributed by atoms with Crippen LogP contribution in [-0.2, 0) is 24.9 Å². The fourth-order valence-electron chi connectivity index (χ4n) is 3.34. The van der Waals surface area contributed by atoms with Crippen molar-refractivity contribution >= 4 is 17.5 Å². The second kappa shape index (κ2) is 7.36. The summed E-state index contributed by atoms with van der Waals surface area (Å²) >= 11 is 6.13. The first-order chi connectivity index (χ1) is 12.3. The molecule has 0 spiro atoms. The van der Waals surface area contributed by atoms with Gasteiger partial charge in [0.05, 0.1) is 23.0 Å². The van der Waals surface area contributed by atoms with E-state index in [2.05, 4.69) is 30.1 Å². The maximum atomic E-state index is 12.3. The summed E-state index contributed by atoms with van der Waals surface area (Å²) in [4.78, 5) is 14.3. The highest BCUT2D eigenvalue weighted by atomic mass is 35.5. The molecule has 2 aromatic rings. The Balaban J connectivity index is 1.52. The van der Waals surface area contributed by atoms with E-state index in [9.17, 15) is 4.79 Å². The van der Waals surface area contributed by atoms with Gasteiger partial charge >= 0.3 is 0 Å². The highest BCUT2D eigenvalue weighted by Gasteiger charge is 2.35. The first-order valence-electron chi connectivity index (χ1n) is 8.78. The van der Waals surface area contributed by atoms with Crippen LogP contribution in [0.25, 0.3) is 0 Å². The lowest BCUT2D eigenvalue weighted by molar-refractivity contribution is -0.123. The molecule has 26 heavy (non-hydrogen) atoms. The second-order valence-electron chi connectivity index (χ2n) is 7.35. The van der Waals surface area contributed by atoms with Gasteiger partial charge in [-0.1, -0.05) is 11.6 Å². The maximum absolute atomic E-state index is 12.3. The van der Waals surface area contributed by atoms with Crippen LogP contribution in [0, 0.1) is 13.8 Å². The molecule has 0 aliphatic heterocycles. The van der Waals surface area contributed by atoms with Gasteiger partial charge in [-0.15, -0.1) is 10.2 Å². The molecule has 1 saturated carbocycles. The van der Waals surface area contributed by atoms with Gasteiger partial charge in [-0.2, -0.15) is 5.10 Å². The van der Waals surface area contributed by atoms with Gasteiger partial charge in [0.25, 0.3) is 0 Å². The fraction of sp³-hybridized carbons (Fsp3) is 0.647. The van der Waals surface area contributed by atoms with Gasteiger partial charge in [-0.05, 0) is 40.8 Å². The molecule has 1 N–H and O–H groups in total. The number of carbonyl (C=O) groups is 1. The Morgan fingerprint density at radius 1 is 1.31 bits per heavy atom. The minimum atomic E-state index is -0.0398. The maximum Gasteiger partial charge on any atom is 0.241 e. The van der Waals surface area contributed by atoms with Crippen molar-refractivity contribution in [3.05, 3.63) is 28.1 Å². The molecule has 1 aliphatic rings. The Morgan fingerprint density at radius 3 is 2.58 bits per heavy atom. The summed E-state index contributed by atoms with van der Waals surface area (Å²) in [6.07, 6.45) is 1.77. The molecule has 1 fully saturated rings. The molecular weight excluding hydrogens is 354 g/mol. The van der Waals surface area contributed by atoms with E-state index in [-0.39, 0.29) is 18.5 Å². The lowest BCUT2D eigenvalue weighted by Gasteiger charge is -2.35. The molecule has 0 atom stereocenters. The Labute approximate surface area is 158 Å².